The van der Waals surface area contributed by atoms with Gasteiger partial charge in [-0.2, -0.15) is 0 Å². The van der Waals surface area contributed by atoms with Gasteiger partial charge in [-0.25, -0.2) is 0 Å². The molecule has 3 nitrogen and oxygen atoms in total. The van der Waals surface area contributed by atoms with Gasteiger partial charge in [0.15, 0.2) is 11.5 Å². The second-order valence-corrected chi connectivity index (χ2v) is 2.99. The van der Waals surface area contributed by atoms with Crippen molar-refractivity contribution in [2.45, 2.75) is 13.0 Å². The summed E-state index contributed by atoms with van der Waals surface area (Å²) < 4.78 is 10.9. The minimum Gasteiger partial charge on any atom is -0.490 e. The Labute approximate surface area is 76.9 Å². The number of ether oxygens (including phenoxy) is 2. The summed E-state index contributed by atoms with van der Waals surface area (Å²) in [6, 6.07) is 5.50. The lowest BCUT2D eigenvalue weighted by molar-refractivity contribution is 0.279. The largest absolute Gasteiger partial charge is 0.490 e. The molecule has 0 fully saturated rings. The lowest BCUT2D eigenvalue weighted by Crippen LogP contribution is -1.97. The molecule has 13 heavy (non-hydrogen) atoms. The molecule has 0 atom stereocenters. The molecule has 1 aliphatic rings. The van der Waals surface area contributed by atoms with Gasteiger partial charge in [0, 0.05) is 6.42 Å². The molecule has 1 heterocycles. The number of rotatable bonds is 1. The van der Waals surface area contributed by atoms with Crippen LogP contribution >= 0.6 is 0 Å². The summed E-state index contributed by atoms with van der Waals surface area (Å²) in [5, 5.41) is 8.91. The average molecular weight is 180 g/mol. The highest BCUT2D eigenvalue weighted by Crippen LogP contribution is 2.30. The predicted octanol–water partition coefficient (Wildman–Crippen LogP) is 1.34. The molecule has 0 amide bonds. The van der Waals surface area contributed by atoms with Gasteiger partial charge >= 0.3 is 0 Å². The first-order valence-corrected chi connectivity index (χ1v) is 4.39. The highest BCUT2D eigenvalue weighted by molar-refractivity contribution is 5.43. The van der Waals surface area contributed by atoms with Crippen LogP contribution in [0.15, 0.2) is 18.2 Å². The molecule has 0 saturated carbocycles. The molecule has 1 aromatic carbocycles. The molecule has 2 rings (SSSR count). The smallest absolute Gasteiger partial charge is 0.161 e. The number of aliphatic hydroxyl groups excluding tert-OH is 1. The van der Waals surface area contributed by atoms with Gasteiger partial charge in [-0.05, 0) is 17.7 Å². The molecule has 0 bridgehead atoms. The van der Waals surface area contributed by atoms with Gasteiger partial charge in [0.25, 0.3) is 0 Å². The Kier molecular flexibility index (Phi) is 2.36. The van der Waals surface area contributed by atoms with Crippen molar-refractivity contribution in [3.8, 4) is 11.5 Å². The quantitative estimate of drug-likeness (QED) is 0.708. The Bertz CT molecular complexity index is 296. The molecule has 1 N–H and O–H groups in total. The van der Waals surface area contributed by atoms with E-state index < -0.39 is 0 Å². The molecular weight excluding hydrogens is 168 g/mol. The zero-order valence-electron chi connectivity index (χ0n) is 7.32. The fourth-order valence-corrected chi connectivity index (χ4v) is 1.31. The summed E-state index contributed by atoms with van der Waals surface area (Å²) in [7, 11) is 0. The van der Waals surface area contributed by atoms with Gasteiger partial charge in [-0.3, -0.25) is 0 Å². The van der Waals surface area contributed by atoms with Crippen molar-refractivity contribution in [1.29, 1.82) is 0 Å². The normalized spacial score (nSPS) is 15.2. The van der Waals surface area contributed by atoms with E-state index in [1.165, 1.54) is 0 Å². The zero-order valence-corrected chi connectivity index (χ0v) is 7.32. The SMILES string of the molecule is OCc1ccc2c(c1)OCCCO2. The Morgan fingerprint density at radius 3 is 2.69 bits per heavy atom. The fraction of sp³-hybridized carbons (Fsp3) is 0.400. The average Bonchev–Trinajstić information content (AvgIpc) is 2.41. The van der Waals surface area contributed by atoms with Crippen LogP contribution in [0.1, 0.15) is 12.0 Å². The minimum absolute atomic E-state index is 0.0383. The summed E-state index contributed by atoms with van der Waals surface area (Å²) in [6.07, 6.45) is 0.906. The van der Waals surface area contributed by atoms with Crippen molar-refractivity contribution in [2.75, 3.05) is 13.2 Å². The van der Waals surface area contributed by atoms with E-state index in [0.717, 1.165) is 23.5 Å². The highest BCUT2D eigenvalue weighted by atomic mass is 16.5. The van der Waals surface area contributed by atoms with Crippen molar-refractivity contribution in [3.63, 3.8) is 0 Å². The van der Waals surface area contributed by atoms with Gasteiger partial charge < -0.3 is 14.6 Å². The van der Waals surface area contributed by atoms with Crippen LogP contribution in [0.3, 0.4) is 0 Å². The second kappa shape index (κ2) is 3.66. The molecule has 1 aliphatic heterocycles. The maximum atomic E-state index is 8.91. The van der Waals surface area contributed by atoms with E-state index in [9.17, 15) is 0 Å². The third-order valence-electron chi connectivity index (χ3n) is 1.99. The third kappa shape index (κ3) is 1.75. The van der Waals surface area contributed by atoms with E-state index in [1.54, 1.807) is 0 Å². The van der Waals surface area contributed by atoms with E-state index in [0.29, 0.717) is 13.2 Å². The summed E-state index contributed by atoms with van der Waals surface area (Å²) >= 11 is 0. The first kappa shape index (κ1) is 8.38. The van der Waals surface area contributed by atoms with Crippen molar-refractivity contribution >= 4 is 0 Å². The van der Waals surface area contributed by atoms with Crippen molar-refractivity contribution in [1.82, 2.24) is 0 Å². The minimum atomic E-state index is 0.0383. The van der Waals surface area contributed by atoms with Crippen LogP contribution in [0.4, 0.5) is 0 Å². The molecule has 70 valence electrons. The van der Waals surface area contributed by atoms with Crippen LogP contribution in [0, 0.1) is 0 Å². The van der Waals surface area contributed by atoms with E-state index in [1.807, 2.05) is 18.2 Å². The molecular formula is C10H12O3. The van der Waals surface area contributed by atoms with Crippen LogP contribution < -0.4 is 9.47 Å². The molecule has 0 radical (unpaired) electrons. The second-order valence-electron chi connectivity index (χ2n) is 2.99. The fourth-order valence-electron chi connectivity index (χ4n) is 1.31. The highest BCUT2D eigenvalue weighted by Gasteiger charge is 2.09. The van der Waals surface area contributed by atoms with Crippen LogP contribution in [0.5, 0.6) is 11.5 Å². The van der Waals surface area contributed by atoms with Gasteiger partial charge in [-0.1, -0.05) is 6.07 Å². The Morgan fingerprint density at radius 1 is 1.15 bits per heavy atom. The van der Waals surface area contributed by atoms with Crippen LogP contribution in [0.2, 0.25) is 0 Å². The van der Waals surface area contributed by atoms with Crippen LogP contribution in [-0.2, 0) is 6.61 Å². The number of aliphatic hydroxyl groups is 1. The van der Waals surface area contributed by atoms with E-state index in [4.69, 9.17) is 14.6 Å². The summed E-state index contributed by atoms with van der Waals surface area (Å²) in [6.45, 7) is 1.42. The molecule has 1 aromatic rings. The Morgan fingerprint density at radius 2 is 1.92 bits per heavy atom. The van der Waals surface area contributed by atoms with Gasteiger partial charge in [0.1, 0.15) is 0 Å². The molecule has 0 saturated heterocycles. The number of hydrogen-bond acceptors (Lipinski definition) is 3. The lowest BCUT2D eigenvalue weighted by atomic mass is 10.2. The Hall–Kier alpha value is -1.22. The number of fused-ring (bicyclic) bond motifs is 1. The molecule has 0 spiro atoms. The maximum absolute atomic E-state index is 8.91. The van der Waals surface area contributed by atoms with Crippen molar-refractivity contribution in [2.24, 2.45) is 0 Å². The Balaban J connectivity index is 2.32. The molecule has 0 aliphatic carbocycles. The van der Waals surface area contributed by atoms with E-state index >= 15 is 0 Å². The van der Waals surface area contributed by atoms with Crippen LogP contribution in [0.25, 0.3) is 0 Å². The summed E-state index contributed by atoms with van der Waals surface area (Å²) in [4.78, 5) is 0. The van der Waals surface area contributed by atoms with Gasteiger partial charge in [-0.15, -0.1) is 0 Å². The topological polar surface area (TPSA) is 38.7 Å². The lowest BCUT2D eigenvalue weighted by Gasteiger charge is -2.07. The first-order valence-electron chi connectivity index (χ1n) is 4.39. The van der Waals surface area contributed by atoms with E-state index in [2.05, 4.69) is 0 Å². The zero-order chi connectivity index (χ0) is 9.10. The van der Waals surface area contributed by atoms with E-state index in [-0.39, 0.29) is 6.61 Å². The molecule has 0 unspecified atom stereocenters. The molecule has 3 heteroatoms. The van der Waals surface area contributed by atoms with Crippen molar-refractivity contribution in [3.05, 3.63) is 23.8 Å². The van der Waals surface area contributed by atoms with Gasteiger partial charge in [0.2, 0.25) is 0 Å². The number of benzene rings is 1. The standard InChI is InChI=1S/C10H12O3/c11-7-8-2-3-9-10(6-8)13-5-1-4-12-9/h2-3,6,11H,1,4-5,7H2. The first-order chi connectivity index (χ1) is 6.40. The third-order valence-corrected chi connectivity index (χ3v) is 1.99. The van der Waals surface area contributed by atoms with Crippen molar-refractivity contribution < 1.29 is 14.6 Å². The summed E-state index contributed by atoms with van der Waals surface area (Å²) in [5.74, 6) is 1.51. The maximum Gasteiger partial charge on any atom is 0.161 e. The monoisotopic (exact) mass is 180 g/mol. The van der Waals surface area contributed by atoms with Gasteiger partial charge in [0.05, 0.1) is 19.8 Å². The molecule has 0 aromatic heterocycles. The van der Waals surface area contributed by atoms with Crippen LogP contribution in [-0.4, -0.2) is 18.3 Å². The summed E-state index contributed by atoms with van der Waals surface area (Å²) in [5.41, 5.74) is 0.851. The number of hydrogen-bond donors (Lipinski definition) is 1. The predicted molar refractivity (Wildman–Crippen MR) is 48.0 cm³/mol.